The minimum Gasteiger partial charge on any atom is -0.468 e. The number of esters is 2. The second-order valence-electron chi connectivity index (χ2n) is 5.03. The lowest BCUT2D eigenvalue weighted by Gasteiger charge is -2.08. The van der Waals surface area contributed by atoms with E-state index in [0.717, 1.165) is 0 Å². The average molecular weight is 253 g/mol. The Morgan fingerprint density at radius 1 is 1.39 bits per heavy atom. The van der Waals surface area contributed by atoms with E-state index in [9.17, 15) is 14.9 Å². The fourth-order valence-electron chi connectivity index (χ4n) is 2.78. The number of nitriles is 1. The normalized spacial score (nSPS) is 28.1. The number of hydrogen-bond donors (Lipinski definition) is 0. The molecule has 0 spiro atoms. The Hall–Kier alpha value is -1.57. The number of carbonyl (C=O) groups is 2. The molecule has 0 aromatic carbocycles. The molecule has 0 aromatic rings. The van der Waals surface area contributed by atoms with Gasteiger partial charge in [-0.05, 0) is 24.7 Å². The largest absolute Gasteiger partial charge is 0.468 e. The van der Waals surface area contributed by atoms with E-state index in [4.69, 9.17) is 9.47 Å². The maximum Gasteiger partial charge on any atom is 0.327 e. The van der Waals surface area contributed by atoms with Gasteiger partial charge in [-0.1, -0.05) is 13.8 Å². The molecule has 0 heterocycles. The molecule has 0 radical (unpaired) electrons. The molecule has 5 nitrogen and oxygen atoms in total. The van der Waals surface area contributed by atoms with Crippen LogP contribution in [0, 0.1) is 28.1 Å². The molecule has 2 atom stereocenters. The van der Waals surface area contributed by atoms with Gasteiger partial charge in [0.15, 0.2) is 5.41 Å². The van der Waals surface area contributed by atoms with Crippen LogP contribution in [0.4, 0.5) is 0 Å². The number of nitrogens with zero attached hydrogens (tertiary/aromatic N) is 1. The van der Waals surface area contributed by atoms with Crippen molar-refractivity contribution in [2.45, 2.75) is 33.6 Å². The van der Waals surface area contributed by atoms with Crippen LogP contribution in [0.1, 0.15) is 33.6 Å². The number of hydrogen-bond acceptors (Lipinski definition) is 5. The highest BCUT2D eigenvalue weighted by molar-refractivity contribution is 5.86. The first kappa shape index (κ1) is 14.5. The molecule has 1 saturated carbocycles. The number of rotatable bonds is 5. The molecular formula is C13H19NO4. The third kappa shape index (κ3) is 1.96. The summed E-state index contributed by atoms with van der Waals surface area (Å²) >= 11 is 0. The van der Waals surface area contributed by atoms with Gasteiger partial charge in [-0.2, -0.15) is 5.26 Å². The Labute approximate surface area is 107 Å². The Morgan fingerprint density at radius 2 is 2.00 bits per heavy atom. The molecule has 5 heteroatoms. The van der Waals surface area contributed by atoms with E-state index in [1.807, 2.05) is 13.8 Å². The van der Waals surface area contributed by atoms with Crippen molar-refractivity contribution in [3.05, 3.63) is 0 Å². The lowest BCUT2D eigenvalue weighted by molar-refractivity contribution is -0.147. The van der Waals surface area contributed by atoms with E-state index >= 15 is 0 Å². The van der Waals surface area contributed by atoms with Gasteiger partial charge in [0.2, 0.25) is 0 Å². The third-order valence-corrected chi connectivity index (χ3v) is 3.95. The Kier molecular flexibility index (Phi) is 4.00. The van der Waals surface area contributed by atoms with Crippen molar-refractivity contribution in [3.63, 3.8) is 0 Å². The lowest BCUT2D eigenvalue weighted by atomic mass is 9.98. The van der Waals surface area contributed by atoms with Gasteiger partial charge in [0.05, 0.1) is 19.8 Å². The quantitative estimate of drug-likeness (QED) is 0.696. The fraction of sp³-hybridized carbons (Fsp3) is 0.769. The molecule has 100 valence electrons. The van der Waals surface area contributed by atoms with Crippen molar-refractivity contribution in [1.29, 1.82) is 5.26 Å². The molecule has 0 saturated heterocycles. The SMILES string of the molecule is CCOC(=O)CCC1C(C)(C)C1(C#N)C(=O)OC. The summed E-state index contributed by atoms with van der Waals surface area (Å²) in [7, 11) is 1.28. The summed E-state index contributed by atoms with van der Waals surface area (Å²) in [5, 5.41) is 9.27. The molecule has 0 bridgehead atoms. The van der Waals surface area contributed by atoms with Gasteiger partial charge in [0, 0.05) is 6.42 Å². The van der Waals surface area contributed by atoms with Crippen LogP contribution in [0.15, 0.2) is 0 Å². The topological polar surface area (TPSA) is 76.4 Å². The van der Waals surface area contributed by atoms with E-state index < -0.39 is 16.8 Å². The van der Waals surface area contributed by atoms with Crippen LogP contribution in [-0.2, 0) is 19.1 Å². The molecule has 1 rings (SSSR count). The molecular weight excluding hydrogens is 234 g/mol. The van der Waals surface area contributed by atoms with Crippen LogP contribution in [0.3, 0.4) is 0 Å². The summed E-state index contributed by atoms with van der Waals surface area (Å²) in [6.07, 6.45) is 0.691. The number of ether oxygens (including phenoxy) is 2. The van der Waals surface area contributed by atoms with E-state index in [-0.39, 0.29) is 18.3 Å². The molecule has 0 aliphatic heterocycles. The predicted octanol–water partition coefficient (Wildman–Crippen LogP) is 1.67. The summed E-state index contributed by atoms with van der Waals surface area (Å²) in [6, 6.07) is 2.07. The van der Waals surface area contributed by atoms with Crippen LogP contribution < -0.4 is 0 Å². The Morgan fingerprint density at radius 3 is 2.44 bits per heavy atom. The smallest absolute Gasteiger partial charge is 0.327 e. The summed E-state index contributed by atoms with van der Waals surface area (Å²) in [4.78, 5) is 23.1. The van der Waals surface area contributed by atoms with E-state index in [1.165, 1.54) is 7.11 Å². The molecule has 0 N–H and O–H groups in total. The molecule has 18 heavy (non-hydrogen) atoms. The monoisotopic (exact) mass is 253 g/mol. The van der Waals surface area contributed by atoms with Gasteiger partial charge in [-0.25, -0.2) is 0 Å². The highest BCUT2D eigenvalue weighted by Gasteiger charge is 2.76. The van der Waals surface area contributed by atoms with Crippen molar-refractivity contribution in [2.24, 2.45) is 16.7 Å². The maximum absolute atomic E-state index is 11.8. The molecule has 1 aliphatic carbocycles. The first-order chi connectivity index (χ1) is 8.38. The number of methoxy groups -OCH3 is 1. The Balaban J connectivity index is 2.71. The van der Waals surface area contributed by atoms with Crippen LogP contribution in [0.25, 0.3) is 0 Å². The third-order valence-electron chi connectivity index (χ3n) is 3.95. The van der Waals surface area contributed by atoms with Gasteiger partial charge in [-0.3, -0.25) is 9.59 Å². The van der Waals surface area contributed by atoms with Crippen LogP contribution in [0.2, 0.25) is 0 Å². The zero-order valence-corrected chi connectivity index (χ0v) is 11.3. The van der Waals surface area contributed by atoms with E-state index in [0.29, 0.717) is 13.0 Å². The van der Waals surface area contributed by atoms with Crippen LogP contribution >= 0.6 is 0 Å². The second-order valence-corrected chi connectivity index (χ2v) is 5.03. The maximum atomic E-state index is 11.8. The summed E-state index contributed by atoms with van der Waals surface area (Å²) in [5.41, 5.74) is -1.57. The minimum absolute atomic E-state index is 0.160. The minimum atomic E-state index is -1.12. The zero-order chi connectivity index (χ0) is 14.0. The first-order valence-corrected chi connectivity index (χ1v) is 6.03. The molecule has 0 aromatic heterocycles. The van der Waals surface area contributed by atoms with Gasteiger partial charge < -0.3 is 9.47 Å². The van der Waals surface area contributed by atoms with E-state index in [1.54, 1.807) is 6.92 Å². The van der Waals surface area contributed by atoms with Crippen molar-refractivity contribution in [2.75, 3.05) is 13.7 Å². The Bertz CT molecular complexity index is 396. The van der Waals surface area contributed by atoms with Crippen molar-refractivity contribution < 1.29 is 19.1 Å². The predicted molar refractivity (Wildman–Crippen MR) is 63.2 cm³/mol. The van der Waals surface area contributed by atoms with Crippen LogP contribution in [-0.4, -0.2) is 25.7 Å². The van der Waals surface area contributed by atoms with Gasteiger partial charge in [0.1, 0.15) is 0 Å². The molecule has 0 amide bonds. The van der Waals surface area contributed by atoms with Gasteiger partial charge in [0.25, 0.3) is 0 Å². The standard InChI is InChI=1S/C13H19NO4/c1-5-18-10(15)7-6-9-12(2,3)13(9,8-14)11(16)17-4/h9H,5-7H2,1-4H3. The summed E-state index contributed by atoms with van der Waals surface area (Å²) < 4.78 is 9.55. The second kappa shape index (κ2) is 4.97. The summed E-state index contributed by atoms with van der Waals surface area (Å²) in [5.74, 6) is -0.965. The highest BCUT2D eigenvalue weighted by atomic mass is 16.5. The molecule has 1 aliphatic rings. The van der Waals surface area contributed by atoms with Crippen molar-refractivity contribution >= 4 is 11.9 Å². The zero-order valence-electron chi connectivity index (χ0n) is 11.3. The van der Waals surface area contributed by atoms with Gasteiger partial charge >= 0.3 is 11.9 Å². The average Bonchev–Trinajstić information content (AvgIpc) is 2.82. The van der Waals surface area contributed by atoms with Gasteiger partial charge in [-0.15, -0.1) is 0 Å². The molecule has 1 fully saturated rings. The van der Waals surface area contributed by atoms with Crippen molar-refractivity contribution in [3.8, 4) is 6.07 Å². The fourth-order valence-corrected chi connectivity index (χ4v) is 2.78. The van der Waals surface area contributed by atoms with Crippen molar-refractivity contribution in [1.82, 2.24) is 0 Å². The first-order valence-electron chi connectivity index (χ1n) is 6.03. The van der Waals surface area contributed by atoms with E-state index in [2.05, 4.69) is 6.07 Å². The summed E-state index contributed by atoms with van der Waals surface area (Å²) in [6.45, 7) is 5.78. The number of carbonyl (C=O) groups excluding carboxylic acids is 2. The molecule has 2 unspecified atom stereocenters. The lowest BCUT2D eigenvalue weighted by Crippen LogP contribution is -2.21. The highest BCUT2D eigenvalue weighted by Crippen LogP contribution is 2.70. The van der Waals surface area contributed by atoms with Crippen LogP contribution in [0.5, 0.6) is 0 Å².